The van der Waals surface area contributed by atoms with Crippen LogP contribution in [0.4, 0.5) is 0 Å². The van der Waals surface area contributed by atoms with Crippen molar-refractivity contribution in [3.05, 3.63) is 11.6 Å². The van der Waals surface area contributed by atoms with Crippen LogP contribution in [-0.4, -0.2) is 36.1 Å². The van der Waals surface area contributed by atoms with Gasteiger partial charge in [0.05, 0.1) is 6.10 Å². The lowest BCUT2D eigenvalue weighted by Gasteiger charge is -2.59. The van der Waals surface area contributed by atoms with Crippen LogP contribution in [0, 0.1) is 34.5 Å². The molecule has 0 heterocycles. The molecule has 4 aliphatic rings. The summed E-state index contributed by atoms with van der Waals surface area (Å²) in [4.78, 5) is 12.3. The second-order valence-corrected chi connectivity index (χ2v) is 11.1. The highest BCUT2D eigenvalue weighted by Crippen LogP contribution is 2.66. The van der Waals surface area contributed by atoms with E-state index in [-0.39, 0.29) is 40.3 Å². The Bertz CT molecular complexity index is 804. The van der Waals surface area contributed by atoms with Crippen molar-refractivity contribution in [3.8, 4) is 0 Å². The summed E-state index contributed by atoms with van der Waals surface area (Å²) in [6, 6.07) is 0. The molecule has 0 bridgehead atoms. The number of hydrogen-bond acceptors (Lipinski definition) is 5. The van der Waals surface area contributed by atoms with E-state index in [4.69, 9.17) is 4.18 Å². The fourth-order valence-electron chi connectivity index (χ4n) is 7.50. The van der Waals surface area contributed by atoms with Gasteiger partial charge in [0.15, 0.2) is 0 Å². The summed E-state index contributed by atoms with van der Waals surface area (Å²) < 4.78 is 37.9. The first-order valence-corrected chi connectivity index (χ1v) is 11.9. The number of Topliss-reactive ketones (excluding diaryl/α,β-unsaturated/α-hetero) is 1. The molecule has 0 radical (unpaired) electrons. The van der Waals surface area contributed by atoms with Crippen molar-refractivity contribution in [3.63, 3.8) is 0 Å². The average molecular weight is 413 g/mol. The summed E-state index contributed by atoms with van der Waals surface area (Å²) in [6.07, 6.45) is 6.46. The highest BCUT2D eigenvalue weighted by molar-refractivity contribution is 7.80. The predicted molar refractivity (Wildman–Crippen MR) is 104 cm³/mol. The second-order valence-electron chi connectivity index (χ2n) is 10.1. The Kier molecular flexibility index (Phi) is 4.85. The molecule has 158 valence electrons. The Morgan fingerprint density at radius 1 is 1.14 bits per heavy atom. The average Bonchev–Trinajstić information content (AvgIpc) is 2.92. The van der Waals surface area contributed by atoms with Gasteiger partial charge in [0.25, 0.3) is 0 Å². The number of aliphatic hydroxyl groups excluding tert-OH is 1. The molecule has 28 heavy (non-hydrogen) atoms. The topological polar surface area (TPSA) is 101 Å². The quantitative estimate of drug-likeness (QED) is 0.545. The standard InChI is InChI=1S/C21H32O6S/c1-12(22)15-4-5-16-19-17(7-9-21(15,16)3)20(2)8-6-14(23)10-13(20)11-18(19)27-28(24,25)26/h11,14-19,23H,4-10H2,1-3H3,(H,24,25,26)/t14-,15?,16?,17?,18+,19?,20-,21+/m0/s1. The summed E-state index contributed by atoms with van der Waals surface area (Å²) in [7, 11) is -4.60. The molecule has 4 unspecified atom stereocenters. The SMILES string of the molecule is CC(=O)C1CCC2C3C(CC[C@]12C)[C@@]1(C)CC[C@H](O)CC1=C[C@H]3OS(=O)(=O)O. The van der Waals surface area contributed by atoms with Crippen molar-refractivity contribution >= 4 is 16.2 Å². The lowest BCUT2D eigenvalue weighted by molar-refractivity contribution is -0.130. The van der Waals surface area contributed by atoms with Gasteiger partial charge in [0.2, 0.25) is 0 Å². The summed E-state index contributed by atoms with van der Waals surface area (Å²) in [5, 5.41) is 10.2. The molecule has 8 atom stereocenters. The molecule has 0 amide bonds. The summed E-state index contributed by atoms with van der Waals surface area (Å²) in [5.74, 6) is 0.601. The number of carbonyl (C=O) groups excluding carboxylic acids is 1. The van der Waals surface area contributed by atoms with Gasteiger partial charge < -0.3 is 5.11 Å². The van der Waals surface area contributed by atoms with Crippen molar-refractivity contribution in [2.24, 2.45) is 34.5 Å². The summed E-state index contributed by atoms with van der Waals surface area (Å²) >= 11 is 0. The van der Waals surface area contributed by atoms with Crippen LogP contribution in [-0.2, 0) is 19.4 Å². The molecule has 6 nitrogen and oxygen atoms in total. The van der Waals surface area contributed by atoms with E-state index in [1.807, 2.05) is 6.08 Å². The molecule has 7 heteroatoms. The van der Waals surface area contributed by atoms with E-state index in [9.17, 15) is 22.9 Å². The predicted octanol–water partition coefficient (Wildman–Crippen LogP) is 3.31. The molecule has 0 aliphatic heterocycles. The molecule has 2 N–H and O–H groups in total. The molecule has 3 fully saturated rings. The molecule has 0 saturated heterocycles. The van der Waals surface area contributed by atoms with Gasteiger partial charge in [-0.05, 0) is 80.5 Å². The molecular weight excluding hydrogens is 380 g/mol. The van der Waals surface area contributed by atoms with Crippen molar-refractivity contribution < 1.29 is 27.1 Å². The number of carbonyl (C=O) groups is 1. The number of ketones is 1. The fraction of sp³-hybridized carbons (Fsp3) is 0.857. The molecule has 0 aromatic heterocycles. The van der Waals surface area contributed by atoms with Crippen LogP contribution >= 0.6 is 0 Å². The normalized spacial score (nSPS) is 48.2. The summed E-state index contributed by atoms with van der Waals surface area (Å²) in [6.45, 7) is 6.09. The molecule has 0 aromatic rings. The van der Waals surface area contributed by atoms with Gasteiger partial charge in [-0.25, -0.2) is 4.18 Å². The van der Waals surface area contributed by atoms with Gasteiger partial charge in [-0.15, -0.1) is 0 Å². The van der Waals surface area contributed by atoms with Crippen molar-refractivity contribution in [1.82, 2.24) is 0 Å². The first kappa shape index (κ1) is 20.5. The monoisotopic (exact) mass is 412 g/mol. The van der Waals surface area contributed by atoms with Crippen molar-refractivity contribution in [2.45, 2.75) is 77.9 Å². The maximum Gasteiger partial charge on any atom is 0.397 e. The van der Waals surface area contributed by atoms with E-state index in [0.29, 0.717) is 6.42 Å². The molecule has 4 rings (SSSR count). The van der Waals surface area contributed by atoms with Gasteiger partial charge in [-0.1, -0.05) is 25.5 Å². The molecular formula is C21H32O6S. The molecule has 4 aliphatic carbocycles. The molecule has 0 spiro atoms. The van der Waals surface area contributed by atoms with Gasteiger partial charge in [-0.3, -0.25) is 9.35 Å². The van der Waals surface area contributed by atoms with E-state index in [1.54, 1.807) is 6.92 Å². The Hall–Kier alpha value is -0.760. The van der Waals surface area contributed by atoms with Gasteiger partial charge >= 0.3 is 10.4 Å². The van der Waals surface area contributed by atoms with Crippen molar-refractivity contribution in [2.75, 3.05) is 0 Å². The Morgan fingerprint density at radius 3 is 2.50 bits per heavy atom. The largest absolute Gasteiger partial charge is 0.397 e. The van der Waals surface area contributed by atoms with Crippen LogP contribution in [0.15, 0.2) is 11.6 Å². The third-order valence-corrected chi connectivity index (χ3v) is 9.27. The van der Waals surface area contributed by atoms with E-state index in [2.05, 4.69) is 13.8 Å². The van der Waals surface area contributed by atoms with Crippen LogP contribution < -0.4 is 0 Å². The highest BCUT2D eigenvalue weighted by atomic mass is 32.3. The lowest BCUT2D eigenvalue weighted by atomic mass is 9.46. The number of aliphatic hydroxyl groups is 1. The third kappa shape index (κ3) is 3.09. The second kappa shape index (κ2) is 6.62. The van der Waals surface area contributed by atoms with E-state index in [0.717, 1.165) is 44.1 Å². The lowest BCUT2D eigenvalue weighted by Crippen LogP contribution is -2.55. The number of rotatable bonds is 3. The minimum atomic E-state index is -4.60. The Labute approximate surface area is 167 Å². The maximum absolute atomic E-state index is 12.3. The van der Waals surface area contributed by atoms with E-state index >= 15 is 0 Å². The van der Waals surface area contributed by atoms with Crippen LogP contribution in [0.5, 0.6) is 0 Å². The fourth-order valence-corrected chi connectivity index (χ4v) is 7.97. The molecule has 3 saturated carbocycles. The summed E-state index contributed by atoms with van der Waals surface area (Å²) in [5.41, 5.74) is 0.827. The van der Waals surface area contributed by atoms with Gasteiger partial charge in [0, 0.05) is 5.92 Å². The van der Waals surface area contributed by atoms with Crippen LogP contribution in [0.2, 0.25) is 0 Å². The minimum absolute atomic E-state index is 0.0104. The highest BCUT2D eigenvalue weighted by Gasteiger charge is 2.62. The zero-order valence-electron chi connectivity index (χ0n) is 16.9. The zero-order valence-corrected chi connectivity index (χ0v) is 17.7. The van der Waals surface area contributed by atoms with Gasteiger partial charge in [-0.2, -0.15) is 8.42 Å². The third-order valence-electron chi connectivity index (χ3n) is 8.81. The smallest absolute Gasteiger partial charge is 0.393 e. The van der Waals surface area contributed by atoms with E-state index in [1.165, 1.54) is 0 Å². The zero-order chi connectivity index (χ0) is 20.5. The van der Waals surface area contributed by atoms with Crippen molar-refractivity contribution in [1.29, 1.82) is 0 Å². The van der Waals surface area contributed by atoms with Crippen LogP contribution in [0.1, 0.15) is 65.7 Å². The Morgan fingerprint density at radius 2 is 1.86 bits per heavy atom. The van der Waals surface area contributed by atoms with Gasteiger partial charge in [0.1, 0.15) is 11.9 Å². The Balaban J connectivity index is 1.78. The maximum atomic E-state index is 12.3. The minimum Gasteiger partial charge on any atom is -0.393 e. The number of hydrogen-bond donors (Lipinski definition) is 2. The first-order chi connectivity index (χ1) is 13.0. The van der Waals surface area contributed by atoms with E-state index < -0.39 is 22.6 Å². The number of fused-ring (bicyclic) bond motifs is 5. The first-order valence-electron chi connectivity index (χ1n) is 10.5. The van der Waals surface area contributed by atoms with Crippen LogP contribution in [0.25, 0.3) is 0 Å². The molecule has 0 aromatic carbocycles. The van der Waals surface area contributed by atoms with Crippen LogP contribution in [0.3, 0.4) is 0 Å².